The van der Waals surface area contributed by atoms with E-state index in [1.807, 2.05) is 12.3 Å². The molecule has 1 heterocycles. The molecule has 152 valence electrons. The van der Waals surface area contributed by atoms with Gasteiger partial charge in [-0.05, 0) is 36.1 Å². The molecule has 4 rings (SSSR count). The van der Waals surface area contributed by atoms with Crippen LogP contribution in [0.5, 0.6) is 0 Å². The molecule has 1 aromatic heterocycles. The molecular weight excluding hydrogens is 366 g/mol. The lowest BCUT2D eigenvalue weighted by Gasteiger charge is -2.04. The highest BCUT2D eigenvalue weighted by atomic mass is 14.9. The molecule has 3 heteroatoms. The van der Waals surface area contributed by atoms with Crippen molar-refractivity contribution in [1.82, 2.24) is 15.3 Å². The zero-order chi connectivity index (χ0) is 20.4. The Morgan fingerprint density at radius 3 is 2.10 bits per heavy atom. The van der Waals surface area contributed by atoms with Crippen molar-refractivity contribution in [3.05, 3.63) is 103 Å². The largest absolute Gasteiger partial charge is 0.348 e. The van der Waals surface area contributed by atoms with Gasteiger partial charge >= 0.3 is 0 Å². The molecule has 3 aromatic carbocycles. The summed E-state index contributed by atoms with van der Waals surface area (Å²) in [7, 11) is 0. The summed E-state index contributed by atoms with van der Waals surface area (Å²) in [5.41, 5.74) is 6.00. The SMILES string of the molecule is c1ccc(CNCCCCCc2nc(-c3ccc(-c4ccccc4)cc3)c[nH]2)cc1. The highest BCUT2D eigenvalue weighted by Crippen LogP contribution is 2.24. The van der Waals surface area contributed by atoms with Crippen molar-refractivity contribution in [2.75, 3.05) is 6.54 Å². The second-order valence-corrected chi connectivity index (χ2v) is 7.65. The first-order valence-electron chi connectivity index (χ1n) is 10.8. The van der Waals surface area contributed by atoms with E-state index >= 15 is 0 Å². The molecule has 0 saturated heterocycles. The number of benzene rings is 3. The molecule has 0 aliphatic heterocycles. The van der Waals surface area contributed by atoms with Crippen molar-refractivity contribution in [3.8, 4) is 22.4 Å². The Morgan fingerprint density at radius 1 is 0.667 bits per heavy atom. The maximum absolute atomic E-state index is 4.79. The van der Waals surface area contributed by atoms with Gasteiger partial charge in [0.15, 0.2) is 0 Å². The quantitative estimate of drug-likeness (QED) is 0.312. The zero-order valence-electron chi connectivity index (χ0n) is 17.4. The van der Waals surface area contributed by atoms with Crippen molar-refractivity contribution in [2.24, 2.45) is 0 Å². The zero-order valence-corrected chi connectivity index (χ0v) is 17.4. The van der Waals surface area contributed by atoms with Crippen LogP contribution in [0.4, 0.5) is 0 Å². The topological polar surface area (TPSA) is 40.7 Å². The maximum Gasteiger partial charge on any atom is 0.106 e. The predicted octanol–water partition coefficient (Wildman–Crippen LogP) is 6.25. The van der Waals surface area contributed by atoms with Crippen LogP contribution in [-0.4, -0.2) is 16.5 Å². The van der Waals surface area contributed by atoms with Gasteiger partial charge in [-0.15, -0.1) is 0 Å². The fraction of sp³-hybridized carbons (Fsp3) is 0.222. The molecule has 30 heavy (non-hydrogen) atoms. The minimum Gasteiger partial charge on any atom is -0.348 e. The second-order valence-electron chi connectivity index (χ2n) is 7.65. The monoisotopic (exact) mass is 395 g/mol. The van der Waals surface area contributed by atoms with Crippen LogP contribution in [0.15, 0.2) is 91.1 Å². The van der Waals surface area contributed by atoms with Crippen LogP contribution in [0.1, 0.15) is 30.7 Å². The van der Waals surface area contributed by atoms with Crippen LogP contribution < -0.4 is 5.32 Å². The Labute approximate surface area is 179 Å². The summed E-state index contributed by atoms with van der Waals surface area (Å²) in [6.07, 6.45) is 6.59. The summed E-state index contributed by atoms with van der Waals surface area (Å²) in [5.74, 6) is 1.08. The van der Waals surface area contributed by atoms with Gasteiger partial charge in [0.1, 0.15) is 5.82 Å². The van der Waals surface area contributed by atoms with Crippen molar-refractivity contribution >= 4 is 0 Å². The predicted molar refractivity (Wildman–Crippen MR) is 125 cm³/mol. The van der Waals surface area contributed by atoms with Gasteiger partial charge in [-0.1, -0.05) is 91.3 Å². The van der Waals surface area contributed by atoms with Crippen LogP contribution in [0.3, 0.4) is 0 Å². The number of nitrogens with one attached hydrogen (secondary N) is 2. The summed E-state index contributed by atoms with van der Waals surface area (Å²) in [4.78, 5) is 8.13. The minimum absolute atomic E-state index is 0.950. The maximum atomic E-state index is 4.79. The smallest absolute Gasteiger partial charge is 0.106 e. The molecule has 0 spiro atoms. The molecule has 0 saturated carbocycles. The molecule has 0 atom stereocenters. The average molecular weight is 396 g/mol. The standard InChI is InChI=1S/C27H29N3/c1-4-10-22(11-5-1)20-28-19-9-3-8-14-27-29-21-26(30-27)25-17-15-24(16-18-25)23-12-6-2-7-13-23/h1-2,4-7,10-13,15-18,21,28H,3,8-9,14,19-20H2,(H,29,30). The number of nitrogens with zero attached hydrogens (tertiary/aromatic N) is 1. The van der Waals surface area contributed by atoms with Gasteiger partial charge in [-0.25, -0.2) is 4.98 Å². The van der Waals surface area contributed by atoms with Crippen LogP contribution in [0, 0.1) is 0 Å². The fourth-order valence-electron chi connectivity index (χ4n) is 3.65. The highest BCUT2D eigenvalue weighted by Gasteiger charge is 2.05. The van der Waals surface area contributed by atoms with E-state index in [0.29, 0.717) is 0 Å². The fourth-order valence-corrected chi connectivity index (χ4v) is 3.65. The number of H-pyrrole nitrogens is 1. The first-order valence-corrected chi connectivity index (χ1v) is 10.8. The van der Waals surface area contributed by atoms with E-state index in [1.165, 1.54) is 29.5 Å². The number of hydrogen-bond donors (Lipinski definition) is 2. The Balaban J connectivity index is 1.19. The normalized spacial score (nSPS) is 10.9. The molecule has 0 amide bonds. The van der Waals surface area contributed by atoms with Gasteiger partial charge in [0.2, 0.25) is 0 Å². The van der Waals surface area contributed by atoms with E-state index in [9.17, 15) is 0 Å². The number of imidazole rings is 1. The summed E-state index contributed by atoms with van der Waals surface area (Å²) < 4.78 is 0. The molecule has 0 fully saturated rings. The van der Waals surface area contributed by atoms with E-state index < -0.39 is 0 Å². The first kappa shape index (κ1) is 20.1. The summed E-state index contributed by atoms with van der Waals surface area (Å²) in [6, 6.07) is 29.7. The highest BCUT2D eigenvalue weighted by molar-refractivity contribution is 5.68. The number of unbranched alkanes of at least 4 members (excludes halogenated alkanes) is 2. The molecule has 0 aliphatic carbocycles. The minimum atomic E-state index is 0.950. The molecule has 0 bridgehead atoms. The van der Waals surface area contributed by atoms with E-state index in [4.69, 9.17) is 4.98 Å². The first-order chi connectivity index (χ1) is 14.9. The number of aryl methyl sites for hydroxylation is 1. The molecule has 0 unspecified atom stereocenters. The third-order valence-electron chi connectivity index (χ3n) is 5.36. The summed E-state index contributed by atoms with van der Waals surface area (Å²) >= 11 is 0. The number of aromatic amines is 1. The Morgan fingerprint density at radius 2 is 1.33 bits per heavy atom. The lowest BCUT2D eigenvalue weighted by atomic mass is 10.0. The lowest BCUT2D eigenvalue weighted by molar-refractivity contribution is 0.598. The van der Waals surface area contributed by atoms with E-state index in [2.05, 4.69) is 89.2 Å². The van der Waals surface area contributed by atoms with E-state index in [-0.39, 0.29) is 0 Å². The van der Waals surface area contributed by atoms with Crippen LogP contribution in [-0.2, 0) is 13.0 Å². The van der Waals surface area contributed by atoms with E-state index in [0.717, 1.165) is 43.0 Å². The number of aromatic nitrogens is 2. The molecule has 3 nitrogen and oxygen atoms in total. The number of rotatable bonds is 10. The Kier molecular flexibility index (Phi) is 7.08. The van der Waals surface area contributed by atoms with Crippen LogP contribution >= 0.6 is 0 Å². The lowest BCUT2D eigenvalue weighted by Crippen LogP contribution is -2.14. The van der Waals surface area contributed by atoms with Gasteiger partial charge < -0.3 is 10.3 Å². The van der Waals surface area contributed by atoms with Crippen molar-refractivity contribution in [2.45, 2.75) is 32.2 Å². The van der Waals surface area contributed by atoms with Crippen molar-refractivity contribution in [3.63, 3.8) is 0 Å². The second kappa shape index (κ2) is 10.6. The number of hydrogen-bond acceptors (Lipinski definition) is 2. The third kappa shape index (κ3) is 5.68. The Bertz CT molecular complexity index is 1000. The molecule has 2 N–H and O–H groups in total. The van der Waals surface area contributed by atoms with E-state index in [1.54, 1.807) is 0 Å². The average Bonchev–Trinajstić information content (AvgIpc) is 3.29. The molecule has 0 radical (unpaired) electrons. The van der Waals surface area contributed by atoms with Gasteiger partial charge in [-0.3, -0.25) is 0 Å². The van der Waals surface area contributed by atoms with Gasteiger partial charge in [-0.2, -0.15) is 0 Å². The third-order valence-corrected chi connectivity index (χ3v) is 5.36. The van der Waals surface area contributed by atoms with Gasteiger partial charge in [0.25, 0.3) is 0 Å². The van der Waals surface area contributed by atoms with Crippen molar-refractivity contribution < 1.29 is 0 Å². The molecule has 0 aliphatic rings. The van der Waals surface area contributed by atoms with Gasteiger partial charge in [0.05, 0.1) is 5.69 Å². The summed E-state index contributed by atoms with van der Waals surface area (Å²) in [6.45, 7) is 2.01. The van der Waals surface area contributed by atoms with Crippen LogP contribution in [0.2, 0.25) is 0 Å². The van der Waals surface area contributed by atoms with Gasteiger partial charge in [0, 0.05) is 24.7 Å². The Hall–Kier alpha value is -3.17. The van der Waals surface area contributed by atoms with Crippen molar-refractivity contribution in [1.29, 1.82) is 0 Å². The van der Waals surface area contributed by atoms with Crippen LogP contribution in [0.25, 0.3) is 22.4 Å². The summed E-state index contributed by atoms with van der Waals surface area (Å²) in [5, 5.41) is 3.52. The molecular formula is C27H29N3. The molecule has 4 aromatic rings.